The van der Waals surface area contributed by atoms with Gasteiger partial charge in [-0.05, 0) is 44.4 Å². The van der Waals surface area contributed by atoms with Crippen molar-refractivity contribution < 1.29 is 62.8 Å². The monoisotopic (exact) mass is 877 g/mol. The van der Waals surface area contributed by atoms with Crippen LogP contribution in [0.4, 0.5) is 0 Å². The SMILES string of the molecule is CCCCC/C=C\C\C=C/C=C/C=C/[C@@H](SC[C@H](N)C(=O)OC[C@H](COP(=O)(O)OC[C@@H](O)CO)OC(=O)CCCCCCCCCCC(C)C)[C@@H](O)CCCC(=O)O. The Morgan fingerprint density at radius 1 is 0.780 bits per heavy atom. The van der Waals surface area contributed by atoms with Crippen LogP contribution in [0.3, 0.4) is 0 Å². The number of hydrogen-bond acceptors (Lipinski definition) is 13. The molecule has 342 valence electrons. The van der Waals surface area contributed by atoms with E-state index < -0.39 is 81.8 Å². The van der Waals surface area contributed by atoms with Crippen LogP contribution in [0.1, 0.15) is 136 Å². The molecule has 0 saturated heterocycles. The maximum atomic E-state index is 12.9. The molecule has 7 N–H and O–H groups in total. The summed E-state index contributed by atoms with van der Waals surface area (Å²) >= 11 is 1.19. The van der Waals surface area contributed by atoms with Gasteiger partial charge in [-0.25, -0.2) is 4.57 Å². The number of ether oxygens (including phenoxy) is 2. The second-order valence-electron chi connectivity index (χ2n) is 15.1. The number of aliphatic carboxylic acids is 1. The molecular formula is C43H76NO13PS. The van der Waals surface area contributed by atoms with Gasteiger partial charge in [-0.1, -0.05) is 134 Å². The average molecular weight is 878 g/mol. The van der Waals surface area contributed by atoms with E-state index in [1.807, 2.05) is 18.2 Å². The molecule has 0 heterocycles. The zero-order valence-electron chi connectivity index (χ0n) is 35.8. The lowest BCUT2D eigenvalue weighted by atomic mass is 10.0. The van der Waals surface area contributed by atoms with Gasteiger partial charge in [0.15, 0.2) is 6.10 Å². The summed E-state index contributed by atoms with van der Waals surface area (Å²) in [5.41, 5.74) is 6.14. The molecule has 0 bridgehead atoms. The average Bonchev–Trinajstić information content (AvgIpc) is 3.19. The van der Waals surface area contributed by atoms with Gasteiger partial charge in [-0.2, -0.15) is 0 Å². The highest BCUT2D eigenvalue weighted by Gasteiger charge is 2.28. The summed E-state index contributed by atoms with van der Waals surface area (Å²) in [6.45, 7) is 4.00. The molecule has 0 aromatic rings. The Morgan fingerprint density at radius 3 is 2.10 bits per heavy atom. The smallest absolute Gasteiger partial charge is 0.472 e. The van der Waals surface area contributed by atoms with E-state index in [4.69, 9.17) is 29.9 Å². The topological polar surface area (TPSA) is 232 Å². The zero-order chi connectivity index (χ0) is 44.2. The molecule has 16 heteroatoms. The van der Waals surface area contributed by atoms with Crippen LogP contribution in [-0.2, 0) is 37.5 Å². The van der Waals surface area contributed by atoms with Gasteiger partial charge in [0.2, 0.25) is 0 Å². The zero-order valence-corrected chi connectivity index (χ0v) is 37.5. The molecule has 0 amide bonds. The summed E-state index contributed by atoms with van der Waals surface area (Å²) in [7, 11) is -4.75. The van der Waals surface area contributed by atoms with Crippen LogP contribution < -0.4 is 5.73 Å². The van der Waals surface area contributed by atoms with Gasteiger partial charge in [-0.15, -0.1) is 11.8 Å². The Morgan fingerprint density at radius 2 is 1.44 bits per heavy atom. The predicted molar refractivity (Wildman–Crippen MR) is 234 cm³/mol. The molecule has 0 spiro atoms. The van der Waals surface area contributed by atoms with Crippen LogP contribution in [0.5, 0.6) is 0 Å². The number of carboxylic acids is 1. The molecule has 0 aromatic carbocycles. The first kappa shape index (κ1) is 56.7. The molecule has 0 saturated carbocycles. The van der Waals surface area contributed by atoms with Crippen LogP contribution >= 0.6 is 19.6 Å². The molecular weight excluding hydrogens is 802 g/mol. The van der Waals surface area contributed by atoms with Crippen molar-refractivity contribution in [3.8, 4) is 0 Å². The van der Waals surface area contributed by atoms with E-state index in [2.05, 4.69) is 37.4 Å². The number of esters is 2. The summed E-state index contributed by atoms with van der Waals surface area (Å²) in [5.74, 6) is -1.70. The van der Waals surface area contributed by atoms with Gasteiger partial charge in [0.1, 0.15) is 18.8 Å². The summed E-state index contributed by atoms with van der Waals surface area (Å²) in [4.78, 5) is 46.7. The lowest BCUT2D eigenvalue weighted by Gasteiger charge is -2.22. The molecule has 0 aromatic heterocycles. The fraction of sp³-hybridized carbons (Fsp3) is 0.744. The number of unbranched alkanes of at least 4 members (excludes halogenated alkanes) is 10. The minimum Gasteiger partial charge on any atom is -0.481 e. The van der Waals surface area contributed by atoms with Gasteiger partial charge in [0, 0.05) is 23.8 Å². The van der Waals surface area contributed by atoms with E-state index in [-0.39, 0.29) is 31.4 Å². The second kappa shape index (κ2) is 37.4. The van der Waals surface area contributed by atoms with Crippen molar-refractivity contribution in [2.75, 3.05) is 32.2 Å². The van der Waals surface area contributed by atoms with Crippen molar-refractivity contribution in [3.63, 3.8) is 0 Å². The first-order valence-electron chi connectivity index (χ1n) is 21.4. The Hall–Kier alpha value is -2.33. The molecule has 0 fully saturated rings. The van der Waals surface area contributed by atoms with E-state index >= 15 is 0 Å². The van der Waals surface area contributed by atoms with Gasteiger partial charge in [0.05, 0.1) is 25.9 Å². The number of aliphatic hydroxyl groups is 3. The Kier molecular flexibility index (Phi) is 36.0. The first-order chi connectivity index (χ1) is 28.2. The summed E-state index contributed by atoms with van der Waals surface area (Å²) in [6, 6.07) is -1.17. The van der Waals surface area contributed by atoms with Crippen molar-refractivity contribution in [1.29, 1.82) is 0 Å². The maximum absolute atomic E-state index is 12.9. The number of nitrogens with two attached hydrogens (primary N) is 1. The third-order valence-electron chi connectivity index (χ3n) is 8.91. The van der Waals surface area contributed by atoms with Crippen molar-refractivity contribution >= 4 is 37.5 Å². The van der Waals surface area contributed by atoms with Gasteiger partial charge in [0.25, 0.3) is 0 Å². The highest BCUT2D eigenvalue weighted by molar-refractivity contribution is 8.00. The molecule has 0 radical (unpaired) electrons. The van der Waals surface area contributed by atoms with Crippen LogP contribution in [0, 0.1) is 5.92 Å². The molecule has 59 heavy (non-hydrogen) atoms. The highest BCUT2D eigenvalue weighted by atomic mass is 32.2. The van der Waals surface area contributed by atoms with E-state index in [1.165, 1.54) is 56.7 Å². The Balaban J connectivity index is 5.27. The number of thioether (sulfide) groups is 1. The van der Waals surface area contributed by atoms with Crippen molar-refractivity contribution in [2.45, 2.75) is 166 Å². The molecule has 14 nitrogen and oxygen atoms in total. The Labute approximate surface area is 357 Å². The molecule has 0 aliphatic carbocycles. The van der Waals surface area contributed by atoms with Crippen LogP contribution in [0.15, 0.2) is 48.6 Å². The number of phosphoric acid groups is 1. The quantitative estimate of drug-likeness (QED) is 0.0114. The number of carboxylic acid groups (broad SMARTS) is 1. The second-order valence-corrected chi connectivity index (χ2v) is 17.7. The largest absolute Gasteiger partial charge is 0.481 e. The van der Waals surface area contributed by atoms with E-state index in [0.29, 0.717) is 6.42 Å². The minimum atomic E-state index is -4.75. The maximum Gasteiger partial charge on any atom is 0.472 e. The fourth-order valence-electron chi connectivity index (χ4n) is 5.44. The van der Waals surface area contributed by atoms with Crippen molar-refractivity contribution in [1.82, 2.24) is 0 Å². The number of hydrogen-bond donors (Lipinski definition) is 6. The van der Waals surface area contributed by atoms with Crippen molar-refractivity contribution in [2.24, 2.45) is 11.7 Å². The van der Waals surface area contributed by atoms with E-state index in [1.54, 1.807) is 18.2 Å². The first-order valence-corrected chi connectivity index (χ1v) is 23.9. The molecule has 0 rings (SSSR count). The third-order valence-corrected chi connectivity index (χ3v) is 11.3. The van der Waals surface area contributed by atoms with Gasteiger partial charge < -0.3 is 40.5 Å². The molecule has 0 aliphatic heterocycles. The number of carbonyl (C=O) groups excluding carboxylic acids is 2. The summed E-state index contributed by atoms with van der Waals surface area (Å²) < 4.78 is 32.7. The number of aliphatic hydroxyl groups excluding tert-OH is 3. The normalized spacial score (nSPS) is 15.9. The van der Waals surface area contributed by atoms with Crippen LogP contribution in [-0.4, -0.2) is 105 Å². The predicted octanol–water partition coefficient (Wildman–Crippen LogP) is 7.73. The molecule has 1 unspecified atom stereocenters. The lowest BCUT2D eigenvalue weighted by molar-refractivity contribution is -0.161. The summed E-state index contributed by atoms with van der Waals surface area (Å²) in [6.07, 6.45) is 27.2. The summed E-state index contributed by atoms with van der Waals surface area (Å²) in [5, 5.41) is 37.8. The number of carbonyl (C=O) groups is 3. The standard InChI is InChI=1S/C43H76NO13PS/c1-4-5-6-7-8-9-10-11-12-16-19-22-27-40(39(47)26-24-28-41(48)49)59-34-38(44)43(51)54-32-37(33-56-58(52,53)55-31-36(46)30-45)57-42(50)29-23-20-17-14-13-15-18-21-25-35(2)3/h8-9,11-12,16,19,22,27,35-40,45-47H,4-7,10,13-15,17-18,20-21,23-26,28-34,44H2,1-3H3,(H,48,49)(H,52,53)/b9-8-,12-11-,19-16+,27-22+/t36-,37+,38-,39-,40+/m0/s1. The van der Waals surface area contributed by atoms with Crippen LogP contribution in [0.2, 0.25) is 0 Å². The van der Waals surface area contributed by atoms with Gasteiger partial charge >= 0.3 is 25.7 Å². The van der Waals surface area contributed by atoms with Crippen LogP contribution in [0.25, 0.3) is 0 Å². The lowest BCUT2D eigenvalue weighted by Crippen LogP contribution is -2.38. The minimum absolute atomic E-state index is 0.0177. The third kappa shape index (κ3) is 36.1. The number of rotatable bonds is 39. The molecule has 0 aliphatic rings. The Bertz CT molecular complexity index is 1260. The van der Waals surface area contributed by atoms with Crippen molar-refractivity contribution in [3.05, 3.63) is 48.6 Å². The van der Waals surface area contributed by atoms with Gasteiger partial charge in [-0.3, -0.25) is 23.4 Å². The van der Waals surface area contributed by atoms with E-state index in [0.717, 1.165) is 44.4 Å². The highest BCUT2D eigenvalue weighted by Crippen LogP contribution is 2.43. The fourth-order valence-corrected chi connectivity index (χ4v) is 7.36. The van der Waals surface area contributed by atoms with E-state index in [9.17, 15) is 34.1 Å². The number of phosphoric ester groups is 1. The number of allylic oxidation sites excluding steroid dienone is 7. The molecule has 6 atom stereocenters.